The fourth-order valence-electron chi connectivity index (χ4n) is 1.95. The molecule has 7 heteroatoms. The Labute approximate surface area is 126 Å². The van der Waals surface area contributed by atoms with E-state index in [0.29, 0.717) is 19.6 Å². The van der Waals surface area contributed by atoms with Crippen LogP contribution >= 0.6 is 11.8 Å². The smallest absolute Gasteiger partial charge is 0.393 e. The molecule has 1 aliphatic rings. The van der Waals surface area contributed by atoms with Crippen LogP contribution in [0.2, 0.25) is 6.04 Å². The summed E-state index contributed by atoms with van der Waals surface area (Å²) >= 11 is 1.32. The standard InChI is InChI=1S/C13H26O5SSi/c1-11(14)5-7-16-20(10-4-9-19-13(3)15)17-8-6-12(2)18-20/h11-12,14H,4-10H2,1-3H3. The van der Waals surface area contributed by atoms with Crippen LogP contribution in [0.15, 0.2) is 0 Å². The molecule has 0 bridgehead atoms. The van der Waals surface area contributed by atoms with Gasteiger partial charge < -0.3 is 18.4 Å². The third-order valence-corrected chi connectivity index (χ3v) is 6.93. The van der Waals surface area contributed by atoms with Gasteiger partial charge in [-0.15, -0.1) is 0 Å². The first-order chi connectivity index (χ1) is 9.43. The zero-order chi connectivity index (χ0) is 15.0. The second-order valence-electron chi connectivity index (χ2n) is 5.18. The maximum absolute atomic E-state index is 10.9. The molecule has 3 atom stereocenters. The van der Waals surface area contributed by atoms with E-state index in [0.717, 1.165) is 24.6 Å². The molecule has 1 rings (SSSR count). The van der Waals surface area contributed by atoms with E-state index in [1.165, 1.54) is 11.8 Å². The summed E-state index contributed by atoms with van der Waals surface area (Å²) in [6.07, 6.45) is 2.09. The Balaban J connectivity index is 2.43. The summed E-state index contributed by atoms with van der Waals surface area (Å²) in [6, 6.07) is 0.734. The molecule has 0 radical (unpaired) electrons. The van der Waals surface area contributed by atoms with Crippen molar-refractivity contribution in [3.05, 3.63) is 0 Å². The zero-order valence-electron chi connectivity index (χ0n) is 12.6. The number of aliphatic hydroxyl groups is 1. The van der Waals surface area contributed by atoms with Gasteiger partial charge in [-0.3, -0.25) is 4.79 Å². The number of thioether (sulfide) groups is 1. The van der Waals surface area contributed by atoms with E-state index >= 15 is 0 Å². The number of carbonyl (C=O) groups excluding carboxylic acids is 1. The van der Waals surface area contributed by atoms with E-state index in [1.807, 2.05) is 6.92 Å². The monoisotopic (exact) mass is 322 g/mol. The predicted molar refractivity (Wildman–Crippen MR) is 81.7 cm³/mol. The molecular formula is C13H26O5SSi. The zero-order valence-corrected chi connectivity index (χ0v) is 14.4. The molecule has 3 unspecified atom stereocenters. The molecule has 5 nitrogen and oxygen atoms in total. The van der Waals surface area contributed by atoms with Gasteiger partial charge in [0.1, 0.15) is 0 Å². The Hall–Kier alpha value is 0.0769. The van der Waals surface area contributed by atoms with Crippen LogP contribution < -0.4 is 0 Å². The van der Waals surface area contributed by atoms with Gasteiger partial charge in [-0.2, -0.15) is 0 Å². The summed E-state index contributed by atoms with van der Waals surface area (Å²) in [5, 5.41) is 9.44. The fourth-order valence-corrected chi connectivity index (χ4v) is 5.61. The minimum Gasteiger partial charge on any atom is -0.393 e. The van der Waals surface area contributed by atoms with E-state index in [4.69, 9.17) is 13.3 Å². The van der Waals surface area contributed by atoms with Crippen molar-refractivity contribution in [2.45, 2.75) is 58.3 Å². The van der Waals surface area contributed by atoms with Crippen LogP contribution in [-0.2, 0) is 18.1 Å². The first-order valence-electron chi connectivity index (χ1n) is 7.21. The quantitative estimate of drug-likeness (QED) is 0.546. The number of rotatable bonds is 8. The minimum atomic E-state index is -2.62. The number of hydrogen-bond donors (Lipinski definition) is 1. The Morgan fingerprint density at radius 2 is 2.35 bits per heavy atom. The van der Waals surface area contributed by atoms with Crippen molar-refractivity contribution >= 4 is 25.7 Å². The highest BCUT2D eigenvalue weighted by molar-refractivity contribution is 8.13. The van der Waals surface area contributed by atoms with Gasteiger partial charge in [-0.1, -0.05) is 11.8 Å². The first-order valence-corrected chi connectivity index (χ1v) is 10.1. The molecule has 1 aliphatic heterocycles. The molecule has 1 fully saturated rings. The molecule has 0 aromatic carbocycles. The van der Waals surface area contributed by atoms with Crippen molar-refractivity contribution in [1.82, 2.24) is 0 Å². The highest BCUT2D eigenvalue weighted by atomic mass is 32.2. The van der Waals surface area contributed by atoms with Gasteiger partial charge in [0.2, 0.25) is 0 Å². The maximum Gasteiger partial charge on any atom is 0.501 e. The highest BCUT2D eigenvalue weighted by Crippen LogP contribution is 2.26. The Kier molecular flexibility index (Phi) is 8.31. The van der Waals surface area contributed by atoms with E-state index in [-0.39, 0.29) is 17.3 Å². The SMILES string of the molecule is CC(=O)SCCC[Si]1(OCCC(C)O)OCCC(C)O1. The molecule has 0 aromatic rings. The van der Waals surface area contributed by atoms with Crippen LogP contribution in [0.3, 0.4) is 0 Å². The van der Waals surface area contributed by atoms with Crippen LogP contribution in [-0.4, -0.2) is 50.2 Å². The normalized spacial score (nSPS) is 28.3. The molecule has 0 aliphatic carbocycles. The van der Waals surface area contributed by atoms with Crippen molar-refractivity contribution in [3.63, 3.8) is 0 Å². The lowest BCUT2D eigenvalue weighted by molar-refractivity contribution is -0.109. The molecule has 20 heavy (non-hydrogen) atoms. The molecule has 1 saturated heterocycles. The van der Waals surface area contributed by atoms with Crippen molar-refractivity contribution in [2.24, 2.45) is 0 Å². The average molecular weight is 322 g/mol. The summed E-state index contributed by atoms with van der Waals surface area (Å²) in [7, 11) is -2.62. The minimum absolute atomic E-state index is 0.134. The summed E-state index contributed by atoms with van der Waals surface area (Å²) < 4.78 is 17.7. The third-order valence-electron chi connectivity index (χ3n) is 3.02. The first kappa shape index (κ1) is 18.1. The molecule has 1 N–H and O–H groups in total. The summed E-state index contributed by atoms with van der Waals surface area (Å²) in [6.45, 7) is 6.48. The molecule has 0 spiro atoms. The van der Waals surface area contributed by atoms with Crippen LogP contribution in [0, 0.1) is 0 Å². The topological polar surface area (TPSA) is 65.0 Å². The molecule has 0 amide bonds. The van der Waals surface area contributed by atoms with Crippen LogP contribution in [0.25, 0.3) is 0 Å². The van der Waals surface area contributed by atoms with E-state index in [9.17, 15) is 9.90 Å². The van der Waals surface area contributed by atoms with E-state index in [1.54, 1.807) is 13.8 Å². The third kappa shape index (κ3) is 7.19. The number of carbonyl (C=O) groups is 1. The van der Waals surface area contributed by atoms with Crippen molar-refractivity contribution in [1.29, 1.82) is 0 Å². The highest BCUT2D eigenvalue weighted by Gasteiger charge is 2.44. The molecular weight excluding hydrogens is 296 g/mol. The second-order valence-corrected chi connectivity index (χ2v) is 9.13. The Morgan fingerprint density at radius 3 is 2.95 bits per heavy atom. The van der Waals surface area contributed by atoms with Gasteiger partial charge in [0.05, 0.1) is 6.10 Å². The lowest BCUT2D eigenvalue weighted by Crippen LogP contribution is -2.52. The van der Waals surface area contributed by atoms with E-state index < -0.39 is 8.80 Å². The molecule has 0 aromatic heterocycles. The predicted octanol–water partition coefficient (Wildman–Crippen LogP) is 2.21. The van der Waals surface area contributed by atoms with Crippen molar-refractivity contribution < 1.29 is 23.2 Å². The van der Waals surface area contributed by atoms with Crippen LogP contribution in [0.1, 0.15) is 40.0 Å². The summed E-state index contributed by atoms with van der Waals surface area (Å²) in [4.78, 5) is 10.9. The van der Waals surface area contributed by atoms with Gasteiger partial charge in [-0.25, -0.2) is 0 Å². The van der Waals surface area contributed by atoms with Gasteiger partial charge in [-0.05, 0) is 33.1 Å². The maximum atomic E-state index is 10.9. The van der Waals surface area contributed by atoms with E-state index in [2.05, 4.69) is 0 Å². The Bertz CT molecular complexity index is 302. The van der Waals surface area contributed by atoms with Gasteiger partial charge in [0, 0.05) is 38.0 Å². The van der Waals surface area contributed by atoms with Crippen LogP contribution in [0.5, 0.6) is 0 Å². The molecule has 1 heterocycles. The fraction of sp³-hybridized carbons (Fsp3) is 0.923. The lowest BCUT2D eigenvalue weighted by Gasteiger charge is -2.36. The van der Waals surface area contributed by atoms with Gasteiger partial charge in [0.25, 0.3) is 0 Å². The average Bonchev–Trinajstić information content (AvgIpc) is 2.34. The molecule has 0 saturated carbocycles. The van der Waals surface area contributed by atoms with Crippen molar-refractivity contribution in [2.75, 3.05) is 19.0 Å². The van der Waals surface area contributed by atoms with Crippen LogP contribution in [0.4, 0.5) is 0 Å². The summed E-state index contributed by atoms with van der Waals surface area (Å²) in [5.74, 6) is 0.769. The van der Waals surface area contributed by atoms with Gasteiger partial charge in [0.15, 0.2) is 5.12 Å². The lowest BCUT2D eigenvalue weighted by atomic mass is 10.3. The Morgan fingerprint density at radius 1 is 1.60 bits per heavy atom. The largest absolute Gasteiger partial charge is 0.501 e. The number of aliphatic hydroxyl groups excluding tert-OH is 1. The van der Waals surface area contributed by atoms with Crippen molar-refractivity contribution in [3.8, 4) is 0 Å². The second kappa shape index (κ2) is 9.17. The summed E-state index contributed by atoms with van der Waals surface area (Å²) in [5.41, 5.74) is 0. The molecule has 118 valence electrons. The van der Waals surface area contributed by atoms with Gasteiger partial charge >= 0.3 is 8.80 Å². The number of hydrogen-bond acceptors (Lipinski definition) is 6.